The Morgan fingerprint density at radius 2 is 2.17 bits per heavy atom. The van der Waals surface area contributed by atoms with Crippen LogP contribution in [0.2, 0.25) is 0 Å². The van der Waals surface area contributed by atoms with Crippen molar-refractivity contribution in [2.75, 3.05) is 5.32 Å². The van der Waals surface area contributed by atoms with Gasteiger partial charge in [0, 0.05) is 12.1 Å². The molecule has 1 atom stereocenters. The van der Waals surface area contributed by atoms with Gasteiger partial charge in [-0.3, -0.25) is 9.59 Å². The number of aromatic nitrogens is 2. The Labute approximate surface area is 105 Å². The van der Waals surface area contributed by atoms with Gasteiger partial charge in [0.1, 0.15) is 11.6 Å². The molecule has 0 aromatic carbocycles. The standard InChI is InChI=1S/C12H19N3O3/c1-7-13-9(6-10(16)14-7)15-8(5-11(17)18)12(2,3)4/h6,8H,5H2,1-4H3,(H,17,18)(H2,13,14,15,16). The number of aliphatic carboxylic acids is 1. The molecule has 0 aliphatic rings. The number of aromatic amines is 1. The zero-order chi connectivity index (χ0) is 13.9. The summed E-state index contributed by atoms with van der Waals surface area (Å²) in [4.78, 5) is 28.8. The van der Waals surface area contributed by atoms with Gasteiger partial charge in [-0.1, -0.05) is 20.8 Å². The molecule has 0 spiro atoms. The number of carbonyl (C=O) groups is 1. The molecule has 0 aliphatic carbocycles. The van der Waals surface area contributed by atoms with E-state index >= 15 is 0 Å². The first-order valence-electron chi connectivity index (χ1n) is 5.75. The maximum Gasteiger partial charge on any atom is 0.305 e. The molecule has 1 unspecified atom stereocenters. The second-order valence-corrected chi connectivity index (χ2v) is 5.38. The van der Waals surface area contributed by atoms with Crippen molar-refractivity contribution in [3.8, 4) is 0 Å². The van der Waals surface area contributed by atoms with E-state index in [1.54, 1.807) is 6.92 Å². The molecule has 6 nitrogen and oxygen atoms in total. The van der Waals surface area contributed by atoms with Gasteiger partial charge in [-0.25, -0.2) is 4.98 Å². The number of carboxylic acids is 1. The van der Waals surface area contributed by atoms with Crippen LogP contribution in [0.1, 0.15) is 33.0 Å². The van der Waals surface area contributed by atoms with E-state index in [9.17, 15) is 9.59 Å². The van der Waals surface area contributed by atoms with E-state index in [0.29, 0.717) is 11.6 Å². The molecular weight excluding hydrogens is 234 g/mol. The summed E-state index contributed by atoms with van der Waals surface area (Å²) in [5.74, 6) is 0.00870. The van der Waals surface area contributed by atoms with Gasteiger partial charge < -0.3 is 15.4 Å². The van der Waals surface area contributed by atoms with Crippen LogP contribution < -0.4 is 10.9 Å². The van der Waals surface area contributed by atoms with Crippen molar-refractivity contribution >= 4 is 11.8 Å². The highest BCUT2D eigenvalue weighted by Crippen LogP contribution is 2.24. The molecule has 100 valence electrons. The Hall–Kier alpha value is -1.85. The molecule has 1 aromatic rings. The largest absolute Gasteiger partial charge is 0.481 e. The van der Waals surface area contributed by atoms with Gasteiger partial charge in [0.15, 0.2) is 0 Å². The minimum Gasteiger partial charge on any atom is -0.481 e. The Morgan fingerprint density at radius 1 is 1.56 bits per heavy atom. The van der Waals surface area contributed by atoms with Crippen molar-refractivity contribution in [3.05, 3.63) is 22.2 Å². The first-order valence-corrected chi connectivity index (χ1v) is 5.75. The SMILES string of the molecule is Cc1nc(NC(CC(=O)O)C(C)(C)C)cc(=O)[nH]1. The fraction of sp³-hybridized carbons (Fsp3) is 0.583. The van der Waals surface area contributed by atoms with Gasteiger partial charge in [0.25, 0.3) is 5.56 Å². The normalized spacial score (nSPS) is 13.1. The summed E-state index contributed by atoms with van der Waals surface area (Å²) in [5.41, 5.74) is -0.510. The third-order valence-corrected chi connectivity index (χ3v) is 2.61. The number of hydrogen-bond acceptors (Lipinski definition) is 4. The fourth-order valence-electron chi connectivity index (χ4n) is 1.58. The summed E-state index contributed by atoms with van der Waals surface area (Å²) in [7, 11) is 0. The Bertz CT molecular complexity index is 488. The summed E-state index contributed by atoms with van der Waals surface area (Å²) in [5, 5.41) is 11.9. The number of hydrogen-bond donors (Lipinski definition) is 3. The van der Waals surface area contributed by atoms with E-state index in [0.717, 1.165) is 0 Å². The Balaban J connectivity index is 2.95. The van der Waals surface area contributed by atoms with Gasteiger partial charge >= 0.3 is 5.97 Å². The zero-order valence-electron chi connectivity index (χ0n) is 11.1. The highest BCUT2D eigenvalue weighted by atomic mass is 16.4. The molecular formula is C12H19N3O3. The summed E-state index contributed by atoms with van der Waals surface area (Å²) < 4.78 is 0. The van der Waals surface area contributed by atoms with E-state index in [-0.39, 0.29) is 23.4 Å². The van der Waals surface area contributed by atoms with Crippen LogP contribution in [-0.4, -0.2) is 27.1 Å². The van der Waals surface area contributed by atoms with Crippen molar-refractivity contribution in [2.24, 2.45) is 5.41 Å². The molecule has 0 radical (unpaired) electrons. The third-order valence-electron chi connectivity index (χ3n) is 2.61. The van der Waals surface area contributed by atoms with Crippen LogP contribution in [0.25, 0.3) is 0 Å². The molecule has 0 amide bonds. The number of nitrogens with one attached hydrogen (secondary N) is 2. The minimum absolute atomic E-state index is 0.0307. The van der Waals surface area contributed by atoms with Gasteiger partial charge in [0.2, 0.25) is 0 Å². The number of carboxylic acid groups (broad SMARTS) is 1. The summed E-state index contributed by atoms with van der Waals surface area (Å²) >= 11 is 0. The van der Waals surface area contributed by atoms with Gasteiger partial charge in [0.05, 0.1) is 6.42 Å². The average Bonchev–Trinajstić information content (AvgIpc) is 2.12. The lowest BCUT2D eigenvalue weighted by molar-refractivity contribution is -0.137. The smallest absolute Gasteiger partial charge is 0.305 e. The lowest BCUT2D eigenvalue weighted by Gasteiger charge is -2.30. The molecule has 0 saturated carbocycles. The highest BCUT2D eigenvalue weighted by Gasteiger charge is 2.27. The van der Waals surface area contributed by atoms with Crippen LogP contribution in [0, 0.1) is 12.3 Å². The monoisotopic (exact) mass is 253 g/mol. The second-order valence-electron chi connectivity index (χ2n) is 5.38. The number of anilines is 1. The highest BCUT2D eigenvalue weighted by molar-refractivity contribution is 5.68. The van der Waals surface area contributed by atoms with Gasteiger partial charge in [-0.15, -0.1) is 0 Å². The van der Waals surface area contributed by atoms with E-state index < -0.39 is 5.97 Å². The molecule has 3 N–H and O–H groups in total. The Kier molecular flexibility index (Phi) is 4.11. The molecule has 1 rings (SSSR count). The van der Waals surface area contributed by atoms with Crippen molar-refractivity contribution in [1.82, 2.24) is 9.97 Å². The maximum atomic E-state index is 11.3. The van der Waals surface area contributed by atoms with Gasteiger partial charge in [-0.05, 0) is 12.3 Å². The zero-order valence-corrected chi connectivity index (χ0v) is 11.1. The van der Waals surface area contributed by atoms with Crippen LogP contribution >= 0.6 is 0 Å². The first-order chi connectivity index (χ1) is 8.18. The van der Waals surface area contributed by atoms with E-state index in [4.69, 9.17) is 5.11 Å². The molecule has 18 heavy (non-hydrogen) atoms. The maximum absolute atomic E-state index is 11.3. The topological polar surface area (TPSA) is 95.1 Å². The predicted octanol–water partition coefficient (Wildman–Crippen LogP) is 1.38. The molecule has 1 aromatic heterocycles. The molecule has 1 heterocycles. The minimum atomic E-state index is -0.885. The van der Waals surface area contributed by atoms with Crippen LogP contribution in [0.5, 0.6) is 0 Å². The van der Waals surface area contributed by atoms with Crippen molar-refractivity contribution in [3.63, 3.8) is 0 Å². The molecule has 0 saturated heterocycles. The molecule has 6 heteroatoms. The number of H-pyrrole nitrogens is 1. The van der Waals surface area contributed by atoms with E-state index in [1.807, 2.05) is 20.8 Å². The van der Waals surface area contributed by atoms with Crippen LogP contribution in [0.3, 0.4) is 0 Å². The first kappa shape index (κ1) is 14.2. The summed E-state index contributed by atoms with van der Waals surface area (Å²) in [6, 6.07) is 1.02. The van der Waals surface area contributed by atoms with E-state index in [2.05, 4.69) is 15.3 Å². The van der Waals surface area contributed by atoms with Crippen LogP contribution in [-0.2, 0) is 4.79 Å². The van der Waals surface area contributed by atoms with E-state index in [1.165, 1.54) is 6.07 Å². The van der Waals surface area contributed by atoms with Crippen LogP contribution in [0.15, 0.2) is 10.9 Å². The number of nitrogens with zero attached hydrogens (tertiary/aromatic N) is 1. The quantitative estimate of drug-likeness (QED) is 0.753. The second kappa shape index (κ2) is 5.20. The number of rotatable bonds is 4. The lowest BCUT2D eigenvalue weighted by Crippen LogP contribution is -2.36. The molecule has 0 aliphatic heterocycles. The van der Waals surface area contributed by atoms with Gasteiger partial charge in [-0.2, -0.15) is 0 Å². The predicted molar refractivity (Wildman–Crippen MR) is 68.7 cm³/mol. The Morgan fingerprint density at radius 3 is 2.61 bits per heavy atom. The van der Waals surface area contributed by atoms with Crippen molar-refractivity contribution in [1.29, 1.82) is 0 Å². The summed E-state index contributed by atoms with van der Waals surface area (Å²) in [6.07, 6.45) is -0.0307. The van der Waals surface area contributed by atoms with Crippen LogP contribution in [0.4, 0.5) is 5.82 Å². The number of aryl methyl sites for hydroxylation is 1. The average molecular weight is 253 g/mol. The third kappa shape index (κ3) is 4.20. The fourth-order valence-corrected chi connectivity index (χ4v) is 1.58. The molecule has 0 fully saturated rings. The lowest BCUT2D eigenvalue weighted by atomic mass is 9.85. The summed E-state index contributed by atoms with van der Waals surface area (Å²) in [6.45, 7) is 7.49. The van der Waals surface area contributed by atoms with Crippen molar-refractivity contribution in [2.45, 2.75) is 40.2 Å². The molecule has 0 bridgehead atoms. The van der Waals surface area contributed by atoms with Crippen molar-refractivity contribution < 1.29 is 9.90 Å².